The average Bonchev–Trinajstić information content (AvgIpc) is 3.67. The van der Waals surface area contributed by atoms with Crippen LogP contribution in [0.15, 0.2) is 103 Å². The lowest BCUT2D eigenvalue weighted by atomic mass is 9.65. The van der Waals surface area contributed by atoms with Gasteiger partial charge in [0.1, 0.15) is 42.4 Å². The molecule has 3 heterocycles. The third-order valence-corrected chi connectivity index (χ3v) is 10.5. The van der Waals surface area contributed by atoms with Gasteiger partial charge in [0.25, 0.3) is 0 Å². The number of ether oxygens (including phenoxy) is 4. The van der Waals surface area contributed by atoms with E-state index >= 15 is 4.79 Å². The Labute approximate surface area is 323 Å². The smallest absolute Gasteiger partial charge is 0.421 e. The van der Waals surface area contributed by atoms with Crippen LogP contribution in [-0.4, -0.2) is 90.3 Å². The zero-order valence-electron chi connectivity index (χ0n) is 30.4. The predicted octanol–water partition coefficient (Wildman–Crippen LogP) is 4.32. The van der Waals surface area contributed by atoms with Gasteiger partial charge in [-0.15, -0.1) is 0 Å². The van der Waals surface area contributed by atoms with Crippen molar-refractivity contribution in [2.45, 2.75) is 36.1 Å². The van der Waals surface area contributed by atoms with E-state index in [9.17, 15) is 29.7 Å². The van der Waals surface area contributed by atoms with E-state index in [2.05, 4.69) is 11.8 Å². The van der Waals surface area contributed by atoms with Crippen molar-refractivity contribution in [3.63, 3.8) is 0 Å². The molecule has 0 radical (unpaired) electrons. The van der Waals surface area contributed by atoms with Gasteiger partial charge in [-0.25, -0.2) is 9.69 Å². The van der Waals surface area contributed by atoms with Crippen LogP contribution >= 0.6 is 0 Å². The Kier molecular flexibility index (Phi) is 11.2. The van der Waals surface area contributed by atoms with E-state index < -0.39 is 59.5 Å². The minimum atomic E-state index is -2.21. The van der Waals surface area contributed by atoms with E-state index in [0.29, 0.717) is 22.3 Å². The first-order chi connectivity index (χ1) is 27.3. The van der Waals surface area contributed by atoms with Crippen LogP contribution in [0.1, 0.15) is 52.4 Å². The zero-order chi connectivity index (χ0) is 39.4. The fourth-order valence-electron chi connectivity index (χ4n) is 8.41. The topological polar surface area (TPSA) is 172 Å². The molecule has 4 aromatic carbocycles. The maximum Gasteiger partial charge on any atom is 0.421 e. The molecular formula is C43H40N2O11. The van der Waals surface area contributed by atoms with Gasteiger partial charge in [-0.2, -0.15) is 0 Å². The van der Waals surface area contributed by atoms with Crippen LogP contribution in [0.3, 0.4) is 0 Å². The van der Waals surface area contributed by atoms with Crippen LogP contribution in [0, 0.1) is 17.8 Å². The Morgan fingerprint density at radius 2 is 1.54 bits per heavy atom. The van der Waals surface area contributed by atoms with Crippen molar-refractivity contribution < 1.29 is 53.4 Å². The Morgan fingerprint density at radius 1 is 0.839 bits per heavy atom. The minimum Gasteiger partial charge on any atom is -0.491 e. The number of hydrogen-bond donors (Lipinski definition) is 3. The van der Waals surface area contributed by atoms with E-state index in [0.717, 1.165) is 4.90 Å². The van der Waals surface area contributed by atoms with Crippen molar-refractivity contribution in [1.29, 1.82) is 0 Å². The highest BCUT2D eigenvalue weighted by atomic mass is 16.6. The first-order valence-corrected chi connectivity index (χ1v) is 18.2. The van der Waals surface area contributed by atoms with Crippen molar-refractivity contribution in [3.8, 4) is 17.6 Å². The molecule has 0 aliphatic carbocycles. The highest BCUT2D eigenvalue weighted by molar-refractivity contribution is 6.23. The number of anilines is 1. The summed E-state index contributed by atoms with van der Waals surface area (Å²) >= 11 is 0. The van der Waals surface area contributed by atoms with E-state index in [4.69, 9.17) is 18.9 Å². The van der Waals surface area contributed by atoms with Gasteiger partial charge in [-0.05, 0) is 41.0 Å². The molecule has 7 rings (SSSR count). The lowest BCUT2D eigenvalue weighted by Gasteiger charge is -2.46. The predicted molar refractivity (Wildman–Crippen MR) is 200 cm³/mol. The lowest BCUT2D eigenvalue weighted by molar-refractivity contribution is -0.179. The van der Waals surface area contributed by atoms with Gasteiger partial charge >= 0.3 is 18.0 Å². The molecule has 1 spiro atoms. The van der Waals surface area contributed by atoms with Crippen LogP contribution in [0.5, 0.6) is 5.75 Å². The normalized spacial score (nSPS) is 23.8. The van der Waals surface area contributed by atoms with E-state index in [1.807, 2.05) is 60.7 Å². The van der Waals surface area contributed by atoms with Gasteiger partial charge in [0.05, 0.1) is 37.6 Å². The van der Waals surface area contributed by atoms with Crippen LogP contribution in [-0.2, 0) is 34.0 Å². The molecule has 13 heteroatoms. The molecule has 4 aromatic rings. The number of aliphatic hydroxyl groups is 2. The Balaban J connectivity index is 1.58. The molecule has 3 N–H and O–H groups in total. The summed E-state index contributed by atoms with van der Waals surface area (Å²) in [4.78, 5) is 61.1. The fraction of sp³-hybridized carbons (Fsp3) is 0.302. The molecule has 288 valence electrons. The summed E-state index contributed by atoms with van der Waals surface area (Å²) in [6, 6.07) is 25.9. The van der Waals surface area contributed by atoms with Crippen molar-refractivity contribution in [3.05, 3.63) is 131 Å². The number of carbonyl (C=O) groups excluding carboxylic acids is 3. The van der Waals surface area contributed by atoms with E-state index in [1.54, 1.807) is 41.3 Å². The number of nitrogens with zero attached hydrogens (tertiary/aromatic N) is 2. The van der Waals surface area contributed by atoms with Gasteiger partial charge in [0.15, 0.2) is 0 Å². The number of amides is 2. The first-order valence-electron chi connectivity index (χ1n) is 18.2. The molecule has 2 saturated heterocycles. The summed E-state index contributed by atoms with van der Waals surface area (Å²) in [6.45, 7) is -0.847. The molecule has 2 fully saturated rings. The van der Waals surface area contributed by atoms with Crippen molar-refractivity contribution >= 4 is 29.6 Å². The number of benzene rings is 4. The standard InChI is InChI=1S/C43H40N2O11/c1-53-24-25-55-42(52)44-32-20-19-27(12-10-11-21-46)26-31(32)43(41(44)51)34(39(48)49)36-40(50)56-37(29-15-6-3-7-16-29)35(28-13-4-2-5-14-28)45(36)38(43)30-17-8-9-18-33(30)54-23-22-47/h2-9,13-20,26,34-38,46-47H,11,21-25H2,1H3,(H,48,49). The summed E-state index contributed by atoms with van der Waals surface area (Å²) in [5, 5.41) is 30.7. The third kappa shape index (κ3) is 6.46. The number of methoxy groups -OCH3 is 1. The molecule has 0 saturated carbocycles. The number of morpholine rings is 1. The second-order valence-electron chi connectivity index (χ2n) is 13.5. The molecule has 13 nitrogen and oxygen atoms in total. The summed E-state index contributed by atoms with van der Waals surface area (Å²) in [7, 11) is 1.43. The molecule has 3 aliphatic rings. The van der Waals surface area contributed by atoms with Gasteiger partial charge in [-0.1, -0.05) is 90.7 Å². The SMILES string of the molecule is COCCOC(=O)N1C(=O)C2(c3cc(C#CCCO)ccc31)C(C(=O)O)C1C(=O)OC(c3ccccc3)C(c3ccccc3)N1C2c1ccccc1OCCO. The van der Waals surface area contributed by atoms with Crippen LogP contribution in [0.2, 0.25) is 0 Å². The molecular weight excluding hydrogens is 720 g/mol. The number of imide groups is 1. The summed E-state index contributed by atoms with van der Waals surface area (Å²) in [5.74, 6) is 0.952. The Hall–Kier alpha value is -6.04. The molecule has 3 aliphatic heterocycles. The number of hydrogen-bond acceptors (Lipinski definition) is 11. The van der Waals surface area contributed by atoms with Crippen molar-refractivity contribution in [1.82, 2.24) is 4.90 Å². The monoisotopic (exact) mass is 760 g/mol. The highest BCUT2D eigenvalue weighted by Crippen LogP contribution is 2.66. The molecule has 0 aromatic heterocycles. The number of para-hydroxylation sites is 1. The van der Waals surface area contributed by atoms with Gasteiger partial charge in [0.2, 0.25) is 5.91 Å². The van der Waals surface area contributed by atoms with Crippen molar-refractivity contribution in [2.24, 2.45) is 5.92 Å². The van der Waals surface area contributed by atoms with Crippen molar-refractivity contribution in [2.75, 3.05) is 45.0 Å². The Bertz CT molecular complexity index is 2170. The fourth-order valence-corrected chi connectivity index (χ4v) is 8.41. The zero-order valence-corrected chi connectivity index (χ0v) is 30.4. The Morgan fingerprint density at radius 3 is 2.21 bits per heavy atom. The molecule has 6 atom stereocenters. The quantitative estimate of drug-likeness (QED) is 0.113. The van der Waals surface area contributed by atoms with Crippen LogP contribution < -0.4 is 9.64 Å². The second-order valence-corrected chi connectivity index (χ2v) is 13.5. The number of carboxylic acid groups (broad SMARTS) is 1. The van der Waals surface area contributed by atoms with Gasteiger partial charge < -0.3 is 34.3 Å². The number of carboxylic acids is 1. The number of aliphatic hydroxyl groups excluding tert-OH is 2. The minimum absolute atomic E-state index is 0.0302. The van der Waals surface area contributed by atoms with Gasteiger partial charge in [-0.3, -0.25) is 19.3 Å². The van der Waals surface area contributed by atoms with Crippen LogP contribution in [0.25, 0.3) is 0 Å². The third-order valence-electron chi connectivity index (χ3n) is 10.5. The number of carbonyl (C=O) groups is 4. The number of fused-ring (bicyclic) bond motifs is 3. The summed E-state index contributed by atoms with van der Waals surface area (Å²) in [5.41, 5.74) is -0.0159. The number of rotatable bonds is 11. The highest BCUT2D eigenvalue weighted by Gasteiger charge is 2.76. The largest absolute Gasteiger partial charge is 0.491 e. The van der Waals surface area contributed by atoms with E-state index in [-0.39, 0.29) is 56.5 Å². The van der Waals surface area contributed by atoms with E-state index in [1.165, 1.54) is 13.2 Å². The first kappa shape index (κ1) is 38.2. The lowest BCUT2D eigenvalue weighted by Crippen LogP contribution is -2.53. The summed E-state index contributed by atoms with van der Waals surface area (Å²) in [6.07, 6.45) is -1.89. The molecule has 2 amide bonds. The number of cyclic esters (lactones) is 1. The molecule has 0 bridgehead atoms. The maximum absolute atomic E-state index is 15.7. The second kappa shape index (κ2) is 16.4. The number of esters is 1. The van der Waals surface area contributed by atoms with Crippen LogP contribution in [0.4, 0.5) is 10.5 Å². The summed E-state index contributed by atoms with van der Waals surface area (Å²) < 4.78 is 23.0. The molecule has 6 unspecified atom stereocenters. The number of aliphatic carboxylic acids is 1. The molecule has 56 heavy (non-hydrogen) atoms. The average molecular weight is 761 g/mol. The van der Waals surface area contributed by atoms with Gasteiger partial charge in [0, 0.05) is 24.7 Å². The maximum atomic E-state index is 15.7.